The van der Waals surface area contributed by atoms with Crippen LogP contribution in [-0.2, 0) is 4.74 Å². The first-order valence-corrected chi connectivity index (χ1v) is 4.61. The molecule has 0 amide bonds. The molecule has 0 aliphatic heterocycles. The summed E-state index contributed by atoms with van der Waals surface area (Å²) < 4.78 is 4.93. The van der Waals surface area contributed by atoms with Gasteiger partial charge < -0.3 is 10.1 Å². The zero-order chi connectivity index (χ0) is 8.36. The minimum atomic E-state index is 0.876. The van der Waals surface area contributed by atoms with E-state index in [2.05, 4.69) is 12.2 Å². The summed E-state index contributed by atoms with van der Waals surface area (Å²) in [7, 11) is 1.75. The zero-order valence-corrected chi connectivity index (χ0v) is 7.86. The molecule has 0 aromatic carbocycles. The topological polar surface area (TPSA) is 21.3 Å². The highest BCUT2D eigenvalue weighted by Gasteiger charge is 1.87. The second kappa shape index (κ2) is 9.92. The molecule has 1 N–H and O–H groups in total. The fraction of sp³-hybridized carbons (Fsp3) is 1.00. The van der Waals surface area contributed by atoms with Crippen molar-refractivity contribution in [1.82, 2.24) is 5.32 Å². The molecule has 0 bridgehead atoms. The minimum absolute atomic E-state index is 0.876. The lowest BCUT2D eigenvalue weighted by atomic mass is 10.2. The Morgan fingerprint density at radius 3 is 2.45 bits per heavy atom. The summed E-state index contributed by atoms with van der Waals surface area (Å²) in [4.78, 5) is 0. The average molecular weight is 159 g/mol. The standard InChI is InChI=1S/C9H21NO/c1-3-4-5-7-10-8-6-9-11-2/h10H,3-9H2,1-2H3. The molecule has 0 atom stereocenters. The van der Waals surface area contributed by atoms with Gasteiger partial charge in [0.15, 0.2) is 0 Å². The fourth-order valence-corrected chi connectivity index (χ4v) is 0.967. The van der Waals surface area contributed by atoms with E-state index in [1.807, 2.05) is 0 Å². The average Bonchev–Trinajstić information content (AvgIpc) is 2.03. The predicted octanol–water partition coefficient (Wildman–Crippen LogP) is 1.80. The number of nitrogens with one attached hydrogen (secondary N) is 1. The molecule has 68 valence electrons. The van der Waals surface area contributed by atoms with Crippen LogP contribution >= 0.6 is 0 Å². The first-order valence-electron chi connectivity index (χ1n) is 4.61. The van der Waals surface area contributed by atoms with Crippen LogP contribution in [0.1, 0.15) is 32.6 Å². The quantitative estimate of drug-likeness (QED) is 0.545. The van der Waals surface area contributed by atoms with Crippen molar-refractivity contribution in [2.24, 2.45) is 0 Å². The minimum Gasteiger partial charge on any atom is -0.385 e. The van der Waals surface area contributed by atoms with Gasteiger partial charge in [0, 0.05) is 13.7 Å². The van der Waals surface area contributed by atoms with Gasteiger partial charge in [-0.25, -0.2) is 0 Å². The summed E-state index contributed by atoms with van der Waals surface area (Å²) in [6.45, 7) is 5.36. The number of unbranched alkanes of at least 4 members (excludes halogenated alkanes) is 2. The molecule has 0 radical (unpaired) electrons. The molecule has 0 saturated heterocycles. The summed E-state index contributed by atoms with van der Waals surface area (Å²) >= 11 is 0. The molecule has 0 heterocycles. The Morgan fingerprint density at radius 1 is 1.09 bits per heavy atom. The van der Waals surface area contributed by atoms with Crippen LogP contribution in [0.3, 0.4) is 0 Å². The van der Waals surface area contributed by atoms with Crippen LogP contribution in [0.25, 0.3) is 0 Å². The van der Waals surface area contributed by atoms with Gasteiger partial charge in [-0.05, 0) is 25.9 Å². The molecular weight excluding hydrogens is 138 g/mol. The summed E-state index contributed by atoms with van der Waals surface area (Å²) in [5, 5.41) is 3.38. The van der Waals surface area contributed by atoms with E-state index in [-0.39, 0.29) is 0 Å². The van der Waals surface area contributed by atoms with Crippen molar-refractivity contribution in [3.8, 4) is 0 Å². The lowest BCUT2D eigenvalue weighted by Crippen LogP contribution is -2.17. The number of rotatable bonds is 8. The maximum absolute atomic E-state index is 4.93. The molecule has 2 nitrogen and oxygen atoms in total. The summed E-state index contributed by atoms with van der Waals surface area (Å²) in [6.07, 6.45) is 5.09. The second-order valence-corrected chi connectivity index (χ2v) is 2.80. The van der Waals surface area contributed by atoms with Gasteiger partial charge in [-0.2, -0.15) is 0 Å². The van der Waals surface area contributed by atoms with Crippen molar-refractivity contribution in [3.05, 3.63) is 0 Å². The molecule has 0 aliphatic carbocycles. The van der Waals surface area contributed by atoms with Crippen LogP contribution in [0.2, 0.25) is 0 Å². The largest absolute Gasteiger partial charge is 0.385 e. The number of hydrogen-bond donors (Lipinski definition) is 1. The normalized spacial score (nSPS) is 10.4. The smallest absolute Gasteiger partial charge is 0.0474 e. The lowest BCUT2D eigenvalue weighted by Gasteiger charge is -2.02. The van der Waals surface area contributed by atoms with Crippen LogP contribution in [0.5, 0.6) is 0 Å². The maximum atomic E-state index is 4.93. The monoisotopic (exact) mass is 159 g/mol. The molecule has 0 aromatic heterocycles. The van der Waals surface area contributed by atoms with Gasteiger partial charge in [-0.1, -0.05) is 19.8 Å². The van der Waals surface area contributed by atoms with Crippen molar-refractivity contribution in [2.45, 2.75) is 32.6 Å². The van der Waals surface area contributed by atoms with Crippen molar-refractivity contribution in [1.29, 1.82) is 0 Å². The first-order chi connectivity index (χ1) is 5.41. The van der Waals surface area contributed by atoms with Crippen LogP contribution < -0.4 is 5.32 Å². The molecular formula is C9H21NO. The Bertz CT molecular complexity index is 58.6. The Morgan fingerprint density at radius 2 is 1.82 bits per heavy atom. The predicted molar refractivity (Wildman–Crippen MR) is 48.9 cm³/mol. The van der Waals surface area contributed by atoms with Gasteiger partial charge in [0.25, 0.3) is 0 Å². The summed E-state index contributed by atoms with van der Waals surface area (Å²) in [5.74, 6) is 0. The van der Waals surface area contributed by atoms with E-state index in [4.69, 9.17) is 4.74 Å². The highest BCUT2D eigenvalue weighted by atomic mass is 16.5. The molecule has 0 aromatic rings. The van der Waals surface area contributed by atoms with Gasteiger partial charge in [0.2, 0.25) is 0 Å². The van der Waals surface area contributed by atoms with Gasteiger partial charge in [-0.15, -0.1) is 0 Å². The Kier molecular flexibility index (Phi) is 9.85. The highest BCUT2D eigenvalue weighted by Crippen LogP contribution is 1.90. The zero-order valence-electron chi connectivity index (χ0n) is 7.86. The fourth-order valence-electron chi connectivity index (χ4n) is 0.967. The third-order valence-corrected chi connectivity index (χ3v) is 1.66. The molecule has 0 saturated carbocycles. The third kappa shape index (κ3) is 9.92. The summed E-state index contributed by atoms with van der Waals surface area (Å²) in [5.41, 5.74) is 0. The Labute approximate surface area is 70.3 Å². The molecule has 0 unspecified atom stereocenters. The first kappa shape index (κ1) is 10.9. The third-order valence-electron chi connectivity index (χ3n) is 1.66. The lowest BCUT2D eigenvalue weighted by molar-refractivity contribution is 0.194. The SMILES string of the molecule is CCCCCNCCCOC. The Hall–Kier alpha value is -0.0800. The van der Waals surface area contributed by atoms with E-state index >= 15 is 0 Å². The molecule has 0 spiro atoms. The van der Waals surface area contributed by atoms with E-state index < -0.39 is 0 Å². The second-order valence-electron chi connectivity index (χ2n) is 2.80. The number of ether oxygens (including phenoxy) is 1. The van der Waals surface area contributed by atoms with E-state index in [0.29, 0.717) is 0 Å². The van der Waals surface area contributed by atoms with Crippen LogP contribution in [0.15, 0.2) is 0 Å². The van der Waals surface area contributed by atoms with Crippen LogP contribution in [0, 0.1) is 0 Å². The van der Waals surface area contributed by atoms with Crippen LogP contribution in [-0.4, -0.2) is 26.8 Å². The molecule has 0 fully saturated rings. The van der Waals surface area contributed by atoms with Crippen molar-refractivity contribution in [3.63, 3.8) is 0 Å². The van der Waals surface area contributed by atoms with Crippen molar-refractivity contribution >= 4 is 0 Å². The number of hydrogen-bond acceptors (Lipinski definition) is 2. The van der Waals surface area contributed by atoms with E-state index in [1.54, 1.807) is 7.11 Å². The molecule has 0 rings (SSSR count). The molecule has 2 heteroatoms. The van der Waals surface area contributed by atoms with Gasteiger partial charge in [-0.3, -0.25) is 0 Å². The van der Waals surface area contributed by atoms with E-state index in [1.165, 1.54) is 19.3 Å². The Balaban J connectivity index is 2.69. The van der Waals surface area contributed by atoms with Gasteiger partial charge in [0.1, 0.15) is 0 Å². The highest BCUT2D eigenvalue weighted by molar-refractivity contribution is 4.47. The molecule has 0 aliphatic rings. The van der Waals surface area contributed by atoms with Crippen LogP contribution in [0.4, 0.5) is 0 Å². The number of methoxy groups -OCH3 is 1. The summed E-state index contributed by atoms with van der Waals surface area (Å²) in [6, 6.07) is 0. The van der Waals surface area contributed by atoms with E-state index in [0.717, 1.165) is 26.1 Å². The van der Waals surface area contributed by atoms with Crippen molar-refractivity contribution in [2.75, 3.05) is 26.8 Å². The van der Waals surface area contributed by atoms with Gasteiger partial charge >= 0.3 is 0 Å². The van der Waals surface area contributed by atoms with E-state index in [9.17, 15) is 0 Å². The van der Waals surface area contributed by atoms with Gasteiger partial charge in [0.05, 0.1) is 0 Å². The molecule has 11 heavy (non-hydrogen) atoms. The maximum Gasteiger partial charge on any atom is 0.0474 e. The van der Waals surface area contributed by atoms with Crippen molar-refractivity contribution < 1.29 is 4.74 Å².